The van der Waals surface area contributed by atoms with Crippen LogP contribution >= 0.6 is 0 Å². The van der Waals surface area contributed by atoms with Gasteiger partial charge in [0.15, 0.2) is 6.29 Å². The van der Waals surface area contributed by atoms with Crippen LogP contribution in [0.15, 0.2) is 6.07 Å². The summed E-state index contributed by atoms with van der Waals surface area (Å²) < 4.78 is 7.33. The Hall–Kier alpha value is -1.16. The predicted octanol–water partition coefficient (Wildman–Crippen LogP) is 2.17. The molecule has 0 bridgehead atoms. The second-order valence-corrected chi connectivity index (χ2v) is 4.54. The molecule has 0 N–H and O–H groups in total. The van der Waals surface area contributed by atoms with E-state index in [1.54, 1.807) is 0 Å². The van der Waals surface area contributed by atoms with Crippen molar-refractivity contribution in [3.05, 3.63) is 17.5 Å². The van der Waals surface area contributed by atoms with Gasteiger partial charge in [-0.3, -0.25) is 9.48 Å². The fourth-order valence-electron chi connectivity index (χ4n) is 2.20. The van der Waals surface area contributed by atoms with Crippen molar-refractivity contribution < 1.29 is 9.53 Å². The summed E-state index contributed by atoms with van der Waals surface area (Å²) in [6, 6.07) is 2.22. The molecule has 1 aromatic heterocycles. The highest BCUT2D eigenvalue weighted by atomic mass is 16.5. The molecular formula is C12H18N2O2. The molecule has 0 amide bonds. The van der Waals surface area contributed by atoms with E-state index >= 15 is 0 Å². The normalized spacial score (nSPS) is 17.9. The summed E-state index contributed by atoms with van der Waals surface area (Å²) >= 11 is 0. The van der Waals surface area contributed by atoms with Gasteiger partial charge < -0.3 is 4.74 Å². The topological polar surface area (TPSA) is 44.1 Å². The van der Waals surface area contributed by atoms with E-state index in [0.29, 0.717) is 17.7 Å². The Morgan fingerprint density at radius 3 is 2.75 bits per heavy atom. The van der Waals surface area contributed by atoms with E-state index in [9.17, 15) is 4.79 Å². The molecule has 1 saturated heterocycles. The van der Waals surface area contributed by atoms with Crippen molar-refractivity contribution in [3.63, 3.8) is 0 Å². The molecular weight excluding hydrogens is 204 g/mol. The average Bonchev–Trinajstić information content (AvgIpc) is 2.74. The molecule has 1 fully saturated rings. The Morgan fingerprint density at radius 2 is 2.19 bits per heavy atom. The molecule has 2 heterocycles. The third-order valence-corrected chi connectivity index (χ3v) is 3.03. The summed E-state index contributed by atoms with van der Waals surface area (Å²) in [6.07, 6.45) is 2.87. The number of aromatic nitrogens is 2. The second-order valence-electron chi connectivity index (χ2n) is 4.54. The summed E-state index contributed by atoms with van der Waals surface area (Å²) in [4.78, 5) is 10.8. The molecule has 0 atom stereocenters. The molecule has 2 rings (SSSR count). The zero-order valence-corrected chi connectivity index (χ0v) is 9.85. The zero-order chi connectivity index (χ0) is 11.5. The summed E-state index contributed by atoms with van der Waals surface area (Å²) in [5, 5.41) is 4.31. The van der Waals surface area contributed by atoms with Crippen LogP contribution in [0.1, 0.15) is 54.8 Å². The molecule has 0 saturated carbocycles. The number of ether oxygens (including phenoxy) is 1. The number of nitrogens with zero attached hydrogens (tertiary/aromatic N) is 2. The fraction of sp³-hybridized carbons (Fsp3) is 0.667. The Morgan fingerprint density at radius 1 is 1.50 bits per heavy atom. The Balaban J connectivity index is 2.29. The minimum Gasteiger partial charge on any atom is -0.381 e. The number of carbonyl (C=O) groups is 1. The molecule has 0 spiro atoms. The van der Waals surface area contributed by atoms with Gasteiger partial charge in [0.2, 0.25) is 0 Å². The maximum Gasteiger partial charge on any atom is 0.170 e. The number of hydrogen-bond donors (Lipinski definition) is 0. The lowest BCUT2D eigenvalue weighted by Gasteiger charge is -2.23. The first-order valence-corrected chi connectivity index (χ1v) is 5.84. The van der Waals surface area contributed by atoms with Crippen LogP contribution in [0.2, 0.25) is 0 Å². The van der Waals surface area contributed by atoms with E-state index in [0.717, 1.165) is 32.3 Å². The van der Waals surface area contributed by atoms with Crippen LogP contribution in [-0.4, -0.2) is 29.3 Å². The molecule has 1 aliphatic heterocycles. The molecule has 0 unspecified atom stereocenters. The SMILES string of the molecule is CC(C)n1nc(C=O)cc1C1CCOCC1. The van der Waals surface area contributed by atoms with Gasteiger partial charge in [-0.25, -0.2) is 0 Å². The van der Waals surface area contributed by atoms with E-state index in [-0.39, 0.29) is 0 Å². The minimum absolute atomic E-state index is 0.298. The first-order chi connectivity index (χ1) is 7.72. The number of aldehydes is 1. The monoisotopic (exact) mass is 222 g/mol. The van der Waals surface area contributed by atoms with Crippen LogP contribution in [0.25, 0.3) is 0 Å². The van der Waals surface area contributed by atoms with Gasteiger partial charge in [-0.15, -0.1) is 0 Å². The third-order valence-electron chi connectivity index (χ3n) is 3.03. The number of carbonyl (C=O) groups excluding carboxylic acids is 1. The Kier molecular flexibility index (Phi) is 3.39. The highest BCUT2D eigenvalue weighted by Crippen LogP contribution is 2.28. The molecule has 4 nitrogen and oxygen atoms in total. The summed E-state index contributed by atoms with van der Waals surface area (Å²) in [5.41, 5.74) is 1.72. The largest absolute Gasteiger partial charge is 0.381 e. The Bertz CT molecular complexity index is 365. The fourth-order valence-corrected chi connectivity index (χ4v) is 2.20. The minimum atomic E-state index is 0.298. The maximum atomic E-state index is 10.8. The smallest absolute Gasteiger partial charge is 0.170 e. The lowest BCUT2D eigenvalue weighted by Crippen LogP contribution is -2.18. The molecule has 1 aliphatic rings. The highest BCUT2D eigenvalue weighted by molar-refractivity contribution is 5.71. The first kappa shape index (κ1) is 11.3. The van der Waals surface area contributed by atoms with Gasteiger partial charge in [-0.2, -0.15) is 5.10 Å². The van der Waals surface area contributed by atoms with Crippen LogP contribution in [0.4, 0.5) is 0 Å². The lowest BCUT2D eigenvalue weighted by molar-refractivity contribution is 0.0832. The van der Waals surface area contributed by atoms with E-state index in [1.165, 1.54) is 5.69 Å². The molecule has 1 aromatic rings. The van der Waals surface area contributed by atoms with Gasteiger partial charge in [-0.1, -0.05) is 0 Å². The predicted molar refractivity (Wildman–Crippen MR) is 60.8 cm³/mol. The molecule has 0 aliphatic carbocycles. The quantitative estimate of drug-likeness (QED) is 0.736. The van der Waals surface area contributed by atoms with Crippen molar-refractivity contribution in [3.8, 4) is 0 Å². The molecule has 0 radical (unpaired) electrons. The van der Waals surface area contributed by atoms with Crippen molar-refractivity contribution in [1.29, 1.82) is 0 Å². The van der Waals surface area contributed by atoms with Crippen molar-refractivity contribution in [2.75, 3.05) is 13.2 Å². The second kappa shape index (κ2) is 4.78. The van der Waals surface area contributed by atoms with Crippen LogP contribution < -0.4 is 0 Å². The van der Waals surface area contributed by atoms with E-state index in [2.05, 4.69) is 18.9 Å². The molecule has 0 aromatic carbocycles. The first-order valence-electron chi connectivity index (χ1n) is 5.84. The number of hydrogen-bond acceptors (Lipinski definition) is 3. The maximum absolute atomic E-state index is 10.8. The Labute approximate surface area is 95.6 Å². The van der Waals surface area contributed by atoms with Crippen LogP contribution in [0.3, 0.4) is 0 Å². The molecule has 88 valence electrons. The van der Waals surface area contributed by atoms with Crippen LogP contribution in [0, 0.1) is 0 Å². The molecule has 16 heavy (non-hydrogen) atoms. The van der Waals surface area contributed by atoms with Gasteiger partial charge in [-0.05, 0) is 32.8 Å². The summed E-state index contributed by atoms with van der Waals surface area (Å²) in [5.74, 6) is 0.484. The standard InChI is InChI=1S/C12H18N2O2/c1-9(2)14-12(7-11(8-15)13-14)10-3-5-16-6-4-10/h7-10H,3-6H2,1-2H3. The van der Waals surface area contributed by atoms with Gasteiger partial charge in [0.1, 0.15) is 5.69 Å². The van der Waals surface area contributed by atoms with Crippen LogP contribution in [0.5, 0.6) is 0 Å². The van der Waals surface area contributed by atoms with Gasteiger partial charge >= 0.3 is 0 Å². The molecule has 4 heteroatoms. The summed E-state index contributed by atoms with van der Waals surface area (Å²) in [7, 11) is 0. The zero-order valence-electron chi connectivity index (χ0n) is 9.85. The van der Waals surface area contributed by atoms with Crippen LogP contribution in [-0.2, 0) is 4.74 Å². The van der Waals surface area contributed by atoms with E-state index < -0.39 is 0 Å². The lowest BCUT2D eigenvalue weighted by atomic mass is 9.96. The number of rotatable bonds is 3. The van der Waals surface area contributed by atoms with Crippen molar-refractivity contribution in [1.82, 2.24) is 9.78 Å². The third kappa shape index (κ3) is 2.16. The van der Waals surface area contributed by atoms with Crippen molar-refractivity contribution in [2.24, 2.45) is 0 Å². The van der Waals surface area contributed by atoms with Gasteiger partial charge in [0.05, 0.1) is 0 Å². The van der Waals surface area contributed by atoms with Crippen molar-refractivity contribution in [2.45, 2.75) is 38.6 Å². The van der Waals surface area contributed by atoms with Crippen molar-refractivity contribution >= 4 is 6.29 Å². The van der Waals surface area contributed by atoms with Gasteiger partial charge in [0.25, 0.3) is 0 Å². The highest BCUT2D eigenvalue weighted by Gasteiger charge is 2.22. The van der Waals surface area contributed by atoms with E-state index in [4.69, 9.17) is 4.74 Å². The van der Waals surface area contributed by atoms with E-state index in [1.807, 2.05) is 10.7 Å². The summed E-state index contributed by atoms with van der Waals surface area (Å²) in [6.45, 7) is 5.80. The average molecular weight is 222 g/mol. The van der Waals surface area contributed by atoms with Gasteiger partial charge in [0, 0.05) is 30.9 Å².